The van der Waals surface area contributed by atoms with Gasteiger partial charge in [0.15, 0.2) is 5.16 Å². The number of fused-ring (bicyclic) bond motifs is 1. The first-order valence-corrected chi connectivity index (χ1v) is 9.61. The number of nitrogens with zero attached hydrogens (tertiary/aromatic N) is 2. The Morgan fingerprint density at radius 2 is 1.74 bits per heavy atom. The van der Waals surface area contributed by atoms with Crippen LogP contribution in [0.3, 0.4) is 0 Å². The molecule has 1 aliphatic heterocycles. The summed E-state index contributed by atoms with van der Waals surface area (Å²) in [6, 6.07) is 15.2. The highest BCUT2D eigenvalue weighted by Gasteiger charge is 2.23. The van der Waals surface area contributed by atoms with Gasteiger partial charge in [-0.1, -0.05) is 23.9 Å². The summed E-state index contributed by atoms with van der Waals surface area (Å²) in [6.07, 6.45) is 2.08. The van der Waals surface area contributed by atoms with Crippen LogP contribution in [0.4, 0.5) is 4.39 Å². The quantitative estimate of drug-likeness (QED) is 0.611. The zero-order valence-corrected chi connectivity index (χ0v) is 14.3. The van der Waals surface area contributed by atoms with E-state index in [1.807, 2.05) is 0 Å². The number of thioether (sulfide) groups is 2. The highest BCUT2D eigenvalue weighted by molar-refractivity contribution is 7.99. The zero-order chi connectivity index (χ0) is 15.8. The molecule has 0 saturated carbocycles. The van der Waals surface area contributed by atoms with Gasteiger partial charge >= 0.3 is 0 Å². The van der Waals surface area contributed by atoms with Crippen LogP contribution < -0.4 is 0 Å². The molecule has 2 heterocycles. The van der Waals surface area contributed by atoms with Gasteiger partial charge in [0.25, 0.3) is 0 Å². The Morgan fingerprint density at radius 3 is 2.43 bits per heavy atom. The third kappa shape index (κ3) is 2.68. The van der Waals surface area contributed by atoms with Crippen molar-refractivity contribution >= 4 is 23.5 Å². The Morgan fingerprint density at radius 1 is 1.04 bits per heavy atom. The monoisotopic (exact) mass is 342 g/mol. The van der Waals surface area contributed by atoms with Crippen molar-refractivity contribution in [3.8, 4) is 22.5 Å². The van der Waals surface area contributed by atoms with Crippen LogP contribution >= 0.6 is 23.5 Å². The fraction of sp³-hybridized carbons (Fsp3) is 0.167. The molecular weight excluding hydrogens is 327 g/mol. The lowest BCUT2D eigenvalue weighted by Gasteiger charge is -2.09. The maximum absolute atomic E-state index is 13.2. The fourth-order valence-electron chi connectivity index (χ4n) is 2.83. The van der Waals surface area contributed by atoms with E-state index in [9.17, 15) is 4.39 Å². The van der Waals surface area contributed by atoms with E-state index in [0.717, 1.165) is 40.0 Å². The van der Waals surface area contributed by atoms with Crippen molar-refractivity contribution in [1.82, 2.24) is 9.55 Å². The third-order valence-electron chi connectivity index (χ3n) is 3.96. The minimum atomic E-state index is -0.222. The van der Waals surface area contributed by atoms with E-state index in [2.05, 4.69) is 35.1 Å². The van der Waals surface area contributed by atoms with E-state index >= 15 is 0 Å². The lowest BCUT2D eigenvalue weighted by Crippen LogP contribution is -1.97. The predicted molar refractivity (Wildman–Crippen MR) is 95.6 cm³/mol. The highest BCUT2D eigenvalue weighted by Crippen LogP contribution is 2.39. The summed E-state index contributed by atoms with van der Waals surface area (Å²) in [5.74, 6) is 0.836. The van der Waals surface area contributed by atoms with Crippen LogP contribution in [0.15, 0.2) is 58.6 Å². The van der Waals surface area contributed by atoms with Gasteiger partial charge in [0, 0.05) is 28.3 Å². The van der Waals surface area contributed by atoms with Gasteiger partial charge in [0.1, 0.15) is 5.82 Å². The van der Waals surface area contributed by atoms with Gasteiger partial charge in [0.2, 0.25) is 0 Å². The summed E-state index contributed by atoms with van der Waals surface area (Å²) in [5.41, 5.74) is 4.18. The minimum Gasteiger partial charge on any atom is -0.318 e. The Kier molecular flexibility index (Phi) is 3.91. The van der Waals surface area contributed by atoms with Gasteiger partial charge < -0.3 is 4.57 Å². The number of imidazole rings is 1. The van der Waals surface area contributed by atoms with Gasteiger partial charge in [-0.3, -0.25) is 0 Å². The lowest BCUT2D eigenvalue weighted by molar-refractivity contribution is 0.628. The van der Waals surface area contributed by atoms with Crippen LogP contribution in [0, 0.1) is 5.82 Å². The molecule has 0 unspecified atom stereocenters. The molecule has 0 amide bonds. The Balaban J connectivity index is 1.88. The molecular formula is C18H15FN2S2. The van der Waals surface area contributed by atoms with E-state index < -0.39 is 0 Å². The second-order valence-corrected chi connectivity index (χ2v) is 7.27. The van der Waals surface area contributed by atoms with Crippen molar-refractivity contribution in [2.24, 2.45) is 0 Å². The Hall–Kier alpha value is -1.72. The second kappa shape index (κ2) is 6.06. The molecule has 3 aromatic rings. The van der Waals surface area contributed by atoms with E-state index in [0.29, 0.717) is 0 Å². The smallest absolute Gasteiger partial charge is 0.169 e. The zero-order valence-electron chi connectivity index (χ0n) is 12.6. The van der Waals surface area contributed by atoms with Crippen LogP contribution in [0.2, 0.25) is 0 Å². The maximum atomic E-state index is 13.2. The van der Waals surface area contributed by atoms with Crippen LogP contribution in [0.1, 0.15) is 0 Å². The molecule has 0 fully saturated rings. The summed E-state index contributed by atoms with van der Waals surface area (Å²) in [6.45, 7) is 0.966. The molecule has 0 N–H and O–H groups in total. The number of aromatic nitrogens is 2. The number of benzene rings is 2. The van der Waals surface area contributed by atoms with Gasteiger partial charge in [-0.15, -0.1) is 11.8 Å². The van der Waals surface area contributed by atoms with E-state index in [-0.39, 0.29) is 5.82 Å². The largest absolute Gasteiger partial charge is 0.318 e. The van der Waals surface area contributed by atoms with Crippen molar-refractivity contribution < 1.29 is 4.39 Å². The van der Waals surface area contributed by atoms with Gasteiger partial charge in [-0.05, 0) is 42.7 Å². The number of halogens is 1. The van der Waals surface area contributed by atoms with Crippen LogP contribution in [-0.4, -0.2) is 21.6 Å². The maximum Gasteiger partial charge on any atom is 0.169 e. The summed E-state index contributed by atoms with van der Waals surface area (Å²) >= 11 is 3.51. The third-order valence-corrected chi connectivity index (χ3v) is 5.66. The molecule has 4 rings (SSSR count). The molecule has 23 heavy (non-hydrogen) atoms. The molecule has 1 aromatic heterocycles. The Labute approximate surface area is 143 Å². The molecule has 0 radical (unpaired) electrons. The van der Waals surface area contributed by atoms with Gasteiger partial charge in [-0.25, -0.2) is 9.37 Å². The van der Waals surface area contributed by atoms with Crippen molar-refractivity contribution in [1.29, 1.82) is 0 Å². The van der Waals surface area contributed by atoms with Crippen LogP contribution in [-0.2, 0) is 6.54 Å². The summed E-state index contributed by atoms with van der Waals surface area (Å²) < 4.78 is 15.5. The van der Waals surface area contributed by atoms with Crippen molar-refractivity contribution in [3.05, 3.63) is 54.3 Å². The molecule has 0 spiro atoms. The summed E-state index contributed by atoms with van der Waals surface area (Å²) in [4.78, 5) is 6.05. The standard InChI is InChI=1S/C18H15FN2S2/c1-22-15-8-4-13(5-9-15)17-16(12-2-6-14(19)7-3-12)20-18-21(17)10-11-23-18/h2-9H,10-11H2,1H3. The average Bonchev–Trinajstić information content (AvgIpc) is 3.16. The second-order valence-electron chi connectivity index (χ2n) is 5.33. The highest BCUT2D eigenvalue weighted by atomic mass is 32.2. The van der Waals surface area contributed by atoms with Crippen molar-refractivity contribution in [2.45, 2.75) is 16.6 Å². The molecule has 0 bridgehead atoms. The number of hydrogen-bond acceptors (Lipinski definition) is 3. The molecule has 2 aromatic carbocycles. The number of hydrogen-bond donors (Lipinski definition) is 0. The molecule has 2 nitrogen and oxygen atoms in total. The fourth-order valence-corrected chi connectivity index (χ4v) is 4.19. The molecule has 0 aliphatic carbocycles. The van der Waals surface area contributed by atoms with Crippen LogP contribution in [0.25, 0.3) is 22.5 Å². The lowest BCUT2D eigenvalue weighted by atomic mass is 10.0. The topological polar surface area (TPSA) is 17.8 Å². The number of rotatable bonds is 3. The van der Waals surface area contributed by atoms with Crippen molar-refractivity contribution in [2.75, 3.05) is 12.0 Å². The van der Waals surface area contributed by atoms with E-state index in [4.69, 9.17) is 4.98 Å². The normalized spacial score (nSPS) is 13.3. The summed E-state index contributed by atoms with van der Waals surface area (Å²) in [5, 5.41) is 1.05. The minimum absolute atomic E-state index is 0.222. The van der Waals surface area contributed by atoms with E-state index in [1.165, 1.54) is 17.0 Å². The SMILES string of the molecule is CSc1ccc(-c2c(-c3ccc(F)cc3)nc3n2CCS3)cc1. The first kappa shape index (κ1) is 14.8. The predicted octanol–water partition coefficient (Wildman–Crippen LogP) is 5.18. The molecule has 116 valence electrons. The van der Waals surface area contributed by atoms with Crippen molar-refractivity contribution in [3.63, 3.8) is 0 Å². The van der Waals surface area contributed by atoms with Gasteiger partial charge in [0.05, 0.1) is 11.4 Å². The molecule has 1 aliphatic rings. The Bertz CT molecular complexity index is 839. The summed E-state index contributed by atoms with van der Waals surface area (Å²) in [7, 11) is 0. The first-order chi connectivity index (χ1) is 11.3. The average molecular weight is 342 g/mol. The van der Waals surface area contributed by atoms with Gasteiger partial charge in [-0.2, -0.15) is 0 Å². The molecule has 0 saturated heterocycles. The van der Waals surface area contributed by atoms with E-state index in [1.54, 1.807) is 35.7 Å². The van der Waals surface area contributed by atoms with Crippen LogP contribution in [0.5, 0.6) is 0 Å². The molecule has 5 heteroatoms. The first-order valence-electron chi connectivity index (χ1n) is 7.40. The molecule has 0 atom stereocenters.